The molecule has 0 radical (unpaired) electrons. The van der Waals surface area contributed by atoms with E-state index in [9.17, 15) is 9.18 Å². The number of carboxylic acid groups (broad SMARTS) is 1. The van der Waals surface area contributed by atoms with Gasteiger partial charge in [-0.3, -0.25) is 0 Å². The molecule has 132 valence electrons. The Kier molecular flexibility index (Phi) is 14.9. The van der Waals surface area contributed by atoms with Gasteiger partial charge < -0.3 is 5.11 Å². The lowest BCUT2D eigenvalue weighted by atomic mass is 9.90. The minimum absolute atomic E-state index is 0.206. The van der Waals surface area contributed by atoms with E-state index in [0.29, 0.717) is 0 Å². The average Bonchev–Trinajstić information content (AvgIpc) is 2.49. The second kappa shape index (κ2) is 15.3. The summed E-state index contributed by atoms with van der Waals surface area (Å²) in [5, 5.41) is 8.77. The van der Waals surface area contributed by atoms with Gasteiger partial charge in [-0.2, -0.15) is 0 Å². The third-order valence-electron chi connectivity index (χ3n) is 4.49. The quantitative estimate of drug-likeness (QED) is 0.329. The molecule has 0 rings (SSSR count). The summed E-state index contributed by atoms with van der Waals surface area (Å²) in [5.41, 5.74) is 0. The molecule has 2 unspecified atom stereocenters. The van der Waals surface area contributed by atoms with Crippen LogP contribution in [-0.2, 0) is 4.79 Å². The van der Waals surface area contributed by atoms with Crippen LogP contribution in [0.3, 0.4) is 0 Å². The molecule has 3 heteroatoms. The van der Waals surface area contributed by atoms with Crippen molar-refractivity contribution >= 4 is 5.97 Å². The van der Waals surface area contributed by atoms with E-state index in [2.05, 4.69) is 13.8 Å². The van der Waals surface area contributed by atoms with Crippen molar-refractivity contribution in [1.82, 2.24) is 0 Å². The van der Waals surface area contributed by atoms with Crippen LogP contribution in [0.4, 0.5) is 4.39 Å². The Hall–Kier alpha value is -0.600. The molecular formula is C19H37FO2. The lowest BCUT2D eigenvalue weighted by molar-refractivity contribution is -0.143. The predicted octanol–water partition coefficient (Wildman–Crippen LogP) is 6.53. The minimum atomic E-state index is -1.68. The van der Waals surface area contributed by atoms with Crippen molar-refractivity contribution in [2.45, 2.75) is 110 Å². The van der Waals surface area contributed by atoms with Crippen LogP contribution in [0.1, 0.15) is 104 Å². The molecule has 0 aromatic heterocycles. The number of halogens is 1. The van der Waals surface area contributed by atoms with Gasteiger partial charge in [0.25, 0.3) is 0 Å². The van der Waals surface area contributed by atoms with Crippen LogP contribution in [0.15, 0.2) is 0 Å². The molecule has 0 heterocycles. The Morgan fingerprint density at radius 1 is 0.818 bits per heavy atom. The standard InChI is InChI=1S/C19H37FO2/c1-3-5-7-9-11-13-15-17(16-18(20)19(21)22)14-12-10-8-6-4-2/h17-18H,3-16H2,1-2H3,(H,21,22). The van der Waals surface area contributed by atoms with E-state index in [1.807, 2.05) is 0 Å². The summed E-state index contributed by atoms with van der Waals surface area (Å²) in [5.74, 6) is -1.04. The highest BCUT2D eigenvalue weighted by Gasteiger charge is 2.21. The molecule has 0 saturated carbocycles. The maximum absolute atomic E-state index is 13.5. The van der Waals surface area contributed by atoms with Gasteiger partial charge in [0.05, 0.1) is 0 Å². The van der Waals surface area contributed by atoms with Crippen LogP contribution < -0.4 is 0 Å². The molecule has 0 aliphatic rings. The van der Waals surface area contributed by atoms with Crippen molar-refractivity contribution in [1.29, 1.82) is 0 Å². The third-order valence-corrected chi connectivity index (χ3v) is 4.49. The first kappa shape index (κ1) is 21.4. The zero-order chi connectivity index (χ0) is 16.6. The van der Waals surface area contributed by atoms with Gasteiger partial charge in [0.2, 0.25) is 0 Å². The van der Waals surface area contributed by atoms with Crippen LogP contribution in [0.25, 0.3) is 0 Å². The summed E-state index contributed by atoms with van der Waals surface area (Å²) in [6.07, 6.45) is 14.0. The van der Waals surface area contributed by atoms with E-state index in [1.54, 1.807) is 0 Å². The van der Waals surface area contributed by atoms with Crippen molar-refractivity contribution < 1.29 is 14.3 Å². The molecule has 0 aliphatic heterocycles. The number of rotatable bonds is 16. The van der Waals surface area contributed by atoms with E-state index in [-0.39, 0.29) is 12.3 Å². The zero-order valence-electron chi connectivity index (χ0n) is 14.8. The number of hydrogen-bond acceptors (Lipinski definition) is 1. The van der Waals surface area contributed by atoms with Crippen LogP contribution in [-0.4, -0.2) is 17.2 Å². The van der Waals surface area contributed by atoms with Crippen molar-refractivity contribution in [2.24, 2.45) is 5.92 Å². The van der Waals surface area contributed by atoms with Crippen LogP contribution in [0.2, 0.25) is 0 Å². The summed E-state index contributed by atoms with van der Waals surface area (Å²) in [6, 6.07) is 0. The summed E-state index contributed by atoms with van der Waals surface area (Å²) in [6.45, 7) is 4.41. The number of alkyl halides is 1. The minimum Gasteiger partial charge on any atom is -0.479 e. The Morgan fingerprint density at radius 3 is 1.64 bits per heavy atom. The smallest absolute Gasteiger partial charge is 0.338 e. The van der Waals surface area contributed by atoms with Gasteiger partial charge in [-0.05, 0) is 12.3 Å². The molecule has 1 N–H and O–H groups in total. The van der Waals surface area contributed by atoms with Gasteiger partial charge in [0.15, 0.2) is 6.17 Å². The molecule has 0 spiro atoms. The fraction of sp³-hybridized carbons (Fsp3) is 0.947. The Bertz CT molecular complexity index is 256. The molecule has 0 aromatic carbocycles. The summed E-state index contributed by atoms with van der Waals surface area (Å²) in [4.78, 5) is 10.7. The van der Waals surface area contributed by atoms with E-state index in [1.165, 1.54) is 57.8 Å². The Labute approximate surface area is 136 Å². The fourth-order valence-corrected chi connectivity index (χ4v) is 3.02. The van der Waals surface area contributed by atoms with Gasteiger partial charge in [-0.15, -0.1) is 0 Å². The van der Waals surface area contributed by atoms with Gasteiger partial charge >= 0.3 is 5.97 Å². The summed E-state index contributed by atoms with van der Waals surface area (Å²) < 4.78 is 13.5. The van der Waals surface area contributed by atoms with Crippen LogP contribution in [0, 0.1) is 5.92 Å². The average molecular weight is 317 g/mol. The lowest BCUT2D eigenvalue weighted by Crippen LogP contribution is -2.19. The number of carboxylic acids is 1. The molecule has 22 heavy (non-hydrogen) atoms. The summed E-state index contributed by atoms with van der Waals surface area (Å²) >= 11 is 0. The maximum atomic E-state index is 13.5. The SMILES string of the molecule is CCCCCCCCC(CCCCCCC)CC(F)C(=O)O. The molecule has 0 fully saturated rings. The Morgan fingerprint density at radius 2 is 1.23 bits per heavy atom. The number of unbranched alkanes of at least 4 members (excludes halogenated alkanes) is 9. The second-order valence-corrected chi connectivity index (χ2v) is 6.67. The van der Waals surface area contributed by atoms with E-state index in [0.717, 1.165) is 25.7 Å². The molecule has 0 amide bonds. The normalized spacial score (nSPS) is 14.0. The van der Waals surface area contributed by atoms with Crippen molar-refractivity contribution in [2.75, 3.05) is 0 Å². The first-order chi connectivity index (χ1) is 10.6. The molecule has 2 nitrogen and oxygen atoms in total. The van der Waals surface area contributed by atoms with Gasteiger partial charge in [-0.1, -0.05) is 97.3 Å². The van der Waals surface area contributed by atoms with Gasteiger partial charge in [0.1, 0.15) is 0 Å². The molecule has 0 saturated heterocycles. The highest BCUT2D eigenvalue weighted by Crippen LogP contribution is 2.24. The van der Waals surface area contributed by atoms with E-state index in [4.69, 9.17) is 5.11 Å². The zero-order valence-corrected chi connectivity index (χ0v) is 14.8. The molecular weight excluding hydrogens is 279 g/mol. The Balaban J connectivity index is 3.92. The topological polar surface area (TPSA) is 37.3 Å². The highest BCUT2D eigenvalue weighted by atomic mass is 19.1. The van der Waals surface area contributed by atoms with E-state index >= 15 is 0 Å². The number of hydrogen-bond donors (Lipinski definition) is 1. The lowest BCUT2D eigenvalue weighted by Gasteiger charge is -2.17. The molecule has 0 aromatic rings. The number of aliphatic carboxylic acids is 1. The van der Waals surface area contributed by atoms with Crippen LogP contribution >= 0.6 is 0 Å². The van der Waals surface area contributed by atoms with Crippen molar-refractivity contribution in [3.05, 3.63) is 0 Å². The van der Waals surface area contributed by atoms with Crippen molar-refractivity contribution in [3.8, 4) is 0 Å². The van der Waals surface area contributed by atoms with Crippen molar-refractivity contribution in [3.63, 3.8) is 0 Å². The maximum Gasteiger partial charge on any atom is 0.338 e. The molecule has 0 aliphatic carbocycles. The van der Waals surface area contributed by atoms with Crippen LogP contribution in [0.5, 0.6) is 0 Å². The predicted molar refractivity (Wildman–Crippen MR) is 92.0 cm³/mol. The summed E-state index contributed by atoms with van der Waals surface area (Å²) in [7, 11) is 0. The first-order valence-corrected chi connectivity index (χ1v) is 9.48. The first-order valence-electron chi connectivity index (χ1n) is 9.48. The van der Waals surface area contributed by atoms with Gasteiger partial charge in [0, 0.05) is 0 Å². The van der Waals surface area contributed by atoms with Gasteiger partial charge in [-0.25, -0.2) is 9.18 Å². The number of carbonyl (C=O) groups is 1. The fourth-order valence-electron chi connectivity index (χ4n) is 3.02. The molecule has 0 bridgehead atoms. The largest absolute Gasteiger partial charge is 0.479 e. The monoisotopic (exact) mass is 316 g/mol. The highest BCUT2D eigenvalue weighted by molar-refractivity contribution is 5.71. The second-order valence-electron chi connectivity index (χ2n) is 6.67. The molecule has 2 atom stereocenters. The third kappa shape index (κ3) is 13.1. The van der Waals surface area contributed by atoms with E-state index < -0.39 is 12.1 Å².